The quantitative estimate of drug-likeness (QED) is 0.846. The van der Waals surface area contributed by atoms with Crippen molar-refractivity contribution in [2.75, 3.05) is 18.8 Å². The van der Waals surface area contributed by atoms with Gasteiger partial charge in [0.25, 0.3) is 0 Å². The summed E-state index contributed by atoms with van der Waals surface area (Å²) in [6, 6.07) is 8.98. The normalized spacial score (nSPS) is 19.6. The number of aromatic nitrogens is 2. The Kier molecular flexibility index (Phi) is 4.31. The molecule has 1 unspecified atom stereocenters. The predicted molar refractivity (Wildman–Crippen MR) is 85.3 cm³/mol. The molecule has 5 nitrogen and oxygen atoms in total. The van der Waals surface area contributed by atoms with E-state index < -0.39 is 9.84 Å². The molecule has 22 heavy (non-hydrogen) atoms. The Labute approximate surface area is 131 Å². The smallest absolute Gasteiger partial charge is 0.179 e. The lowest BCUT2D eigenvalue weighted by Crippen LogP contribution is -2.29. The summed E-state index contributed by atoms with van der Waals surface area (Å²) in [6.45, 7) is 1.51. The summed E-state index contributed by atoms with van der Waals surface area (Å²) in [6.07, 6.45) is 6.07. The first-order chi connectivity index (χ1) is 10.6. The average Bonchev–Trinajstić information content (AvgIpc) is 3.14. The Morgan fingerprint density at radius 1 is 1.27 bits per heavy atom. The minimum atomic E-state index is -3.21. The van der Waals surface area contributed by atoms with Crippen LogP contribution in [0.15, 0.2) is 47.6 Å². The van der Waals surface area contributed by atoms with Gasteiger partial charge in [0, 0.05) is 31.4 Å². The van der Waals surface area contributed by atoms with Crippen LogP contribution in [0.2, 0.25) is 0 Å². The molecule has 1 saturated heterocycles. The number of nitrogens with zero attached hydrogens (tertiary/aromatic N) is 3. The fraction of sp³-hybridized carbons (Fsp3) is 0.438. The lowest BCUT2D eigenvalue weighted by molar-refractivity contribution is 0.272. The maximum Gasteiger partial charge on any atom is 0.179 e. The molecule has 1 atom stereocenters. The van der Waals surface area contributed by atoms with Crippen LogP contribution in [0.3, 0.4) is 0 Å². The molecule has 0 amide bonds. The van der Waals surface area contributed by atoms with Crippen molar-refractivity contribution in [3.05, 3.63) is 48.3 Å². The van der Waals surface area contributed by atoms with Crippen LogP contribution in [0, 0.1) is 0 Å². The largest absolute Gasteiger partial charge is 0.295 e. The standard InChI is InChI=1S/C16H21N3O2S/c1-18-13-14(12-17-18)16-8-5-9-19(16)10-11-22(20,21)15-6-3-2-4-7-15/h2-4,6-7,12-13,16H,5,8-11H2,1H3. The highest BCUT2D eigenvalue weighted by molar-refractivity contribution is 7.91. The summed E-state index contributed by atoms with van der Waals surface area (Å²) >= 11 is 0. The Hall–Kier alpha value is -1.66. The zero-order valence-corrected chi connectivity index (χ0v) is 13.5. The number of hydrogen-bond acceptors (Lipinski definition) is 4. The van der Waals surface area contributed by atoms with Crippen LogP contribution in [-0.2, 0) is 16.9 Å². The van der Waals surface area contributed by atoms with E-state index >= 15 is 0 Å². The van der Waals surface area contributed by atoms with Crippen molar-refractivity contribution < 1.29 is 8.42 Å². The molecule has 0 spiro atoms. The van der Waals surface area contributed by atoms with Crippen LogP contribution in [-0.4, -0.2) is 41.9 Å². The van der Waals surface area contributed by atoms with Gasteiger partial charge in [-0.2, -0.15) is 5.10 Å². The van der Waals surface area contributed by atoms with E-state index in [2.05, 4.69) is 10.00 Å². The van der Waals surface area contributed by atoms with Crippen molar-refractivity contribution in [1.82, 2.24) is 14.7 Å². The minimum absolute atomic E-state index is 0.160. The van der Waals surface area contributed by atoms with Crippen molar-refractivity contribution in [2.45, 2.75) is 23.8 Å². The molecule has 1 fully saturated rings. The number of aryl methyl sites for hydroxylation is 1. The molecule has 0 radical (unpaired) electrons. The Bertz CT molecular complexity index is 725. The fourth-order valence-corrected chi connectivity index (χ4v) is 4.35. The van der Waals surface area contributed by atoms with Crippen LogP contribution >= 0.6 is 0 Å². The molecule has 2 aromatic rings. The van der Waals surface area contributed by atoms with Gasteiger partial charge in [0.05, 0.1) is 16.8 Å². The van der Waals surface area contributed by atoms with E-state index in [4.69, 9.17) is 0 Å². The monoisotopic (exact) mass is 319 g/mol. The zero-order chi connectivity index (χ0) is 15.6. The van der Waals surface area contributed by atoms with E-state index in [9.17, 15) is 8.42 Å². The first kappa shape index (κ1) is 15.2. The molecular weight excluding hydrogens is 298 g/mol. The van der Waals surface area contributed by atoms with Crippen molar-refractivity contribution in [3.63, 3.8) is 0 Å². The molecule has 0 aliphatic carbocycles. The first-order valence-electron chi connectivity index (χ1n) is 7.57. The Balaban J connectivity index is 1.68. The molecule has 3 rings (SSSR count). The molecule has 118 valence electrons. The number of benzene rings is 1. The molecule has 0 saturated carbocycles. The average molecular weight is 319 g/mol. The lowest BCUT2D eigenvalue weighted by atomic mass is 10.1. The van der Waals surface area contributed by atoms with Crippen molar-refractivity contribution in [2.24, 2.45) is 7.05 Å². The number of sulfone groups is 1. The van der Waals surface area contributed by atoms with Crippen molar-refractivity contribution in [3.8, 4) is 0 Å². The SMILES string of the molecule is Cn1cc(C2CCCN2CCS(=O)(=O)c2ccccc2)cn1. The fourth-order valence-electron chi connectivity index (χ4n) is 3.07. The predicted octanol–water partition coefficient (Wildman–Crippen LogP) is 2.03. The third-order valence-corrected chi connectivity index (χ3v) is 5.93. The van der Waals surface area contributed by atoms with Crippen molar-refractivity contribution in [1.29, 1.82) is 0 Å². The molecule has 1 aromatic carbocycles. The van der Waals surface area contributed by atoms with Gasteiger partial charge in [-0.15, -0.1) is 0 Å². The van der Waals surface area contributed by atoms with Gasteiger partial charge in [-0.05, 0) is 31.5 Å². The molecule has 0 N–H and O–H groups in total. The third kappa shape index (κ3) is 3.23. The Morgan fingerprint density at radius 2 is 2.05 bits per heavy atom. The maximum absolute atomic E-state index is 12.4. The highest BCUT2D eigenvalue weighted by Gasteiger charge is 2.28. The molecule has 1 aliphatic rings. The molecule has 0 bridgehead atoms. The molecular formula is C16H21N3O2S. The van der Waals surface area contributed by atoms with E-state index in [0.29, 0.717) is 17.5 Å². The van der Waals surface area contributed by atoms with Crippen LogP contribution in [0.4, 0.5) is 0 Å². The van der Waals surface area contributed by atoms with Gasteiger partial charge in [-0.3, -0.25) is 9.58 Å². The van der Waals surface area contributed by atoms with Gasteiger partial charge in [-0.25, -0.2) is 8.42 Å². The van der Waals surface area contributed by atoms with Gasteiger partial charge >= 0.3 is 0 Å². The van der Waals surface area contributed by atoms with Crippen LogP contribution in [0.1, 0.15) is 24.4 Å². The van der Waals surface area contributed by atoms with E-state index in [-0.39, 0.29) is 5.75 Å². The van der Waals surface area contributed by atoms with Crippen LogP contribution < -0.4 is 0 Å². The summed E-state index contributed by atoms with van der Waals surface area (Å²) in [5, 5.41) is 4.22. The second kappa shape index (κ2) is 6.22. The van der Waals surface area contributed by atoms with E-state index in [0.717, 1.165) is 19.4 Å². The van der Waals surface area contributed by atoms with Gasteiger partial charge in [-0.1, -0.05) is 18.2 Å². The summed E-state index contributed by atoms with van der Waals surface area (Å²) in [5.41, 5.74) is 1.18. The first-order valence-corrected chi connectivity index (χ1v) is 9.22. The zero-order valence-electron chi connectivity index (χ0n) is 12.7. The van der Waals surface area contributed by atoms with E-state index in [1.54, 1.807) is 28.9 Å². The summed E-state index contributed by atoms with van der Waals surface area (Å²) in [5.74, 6) is 0.160. The second-order valence-electron chi connectivity index (χ2n) is 5.77. The molecule has 6 heteroatoms. The molecule has 2 heterocycles. The number of hydrogen-bond donors (Lipinski definition) is 0. The van der Waals surface area contributed by atoms with E-state index in [1.165, 1.54) is 5.56 Å². The van der Waals surface area contributed by atoms with Crippen LogP contribution in [0.25, 0.3) is 0 Å². The lowest BCUT2D eigenvalue weighted by Gasteiger charge is -2.23. The van der Waals surface area contributed by atoms with Gasteiger partial charge in [0.15, 0.2) is 9.84 Å². The van der Waals surface area contributed by atoms with Crippen LogP contribution in [0.5, 0.6) is 0 Å². The summed E-state index contributed by atoms with van der Waals surface area (Å²) < 4.78 is 26.6. The minimum Gasteiger partial charge on any atom is -0.295 e. The molecule has 1 aromatic heterocycles. The van der Waals surface area contributed by atoms with Gasteiger partial charge < -0.3 is 0 Å². The maximum atomic E-state index is 12.4. The van der Waals surface area contributed by atoms with E-state index in [1.807, 2.05) is 25.5 Å². The topological polar surface area (TPSA) is 55.2 Å². The highest BCUT2D eigenvalue weighted by atomic mass is 32.2. The molecule has 1 aliphatic heterocycles. The third-order valence-electron chi connectivity index (χ3n) is 4.22. The van der Waals surface area contributed by atoms with Crippen molar-refractivity contribution >= 4 is 9.84 Å². The summed E-state index contributed by atoms with van der Waals surface area (Å²) in [7, 11) is -1.31. The number of rotatable bonds is 5. The van der Waals surface area contributed by atoms with Gasteiger partial charge in [0.2, 0.25) is 0 Å². The second-order valence-corrected chi connectivity index (χ2v) is 7.88. The highest BCUT2D eigenvalue weighted by Crippen LogP contribution is 2.31. The summed E-state index contributed by atoms with van der Waals surface area (Å²) in [4.78, 5) is 2.67. The Morgan fingerprint density at radius 3 is 2.73 bits per heavy atom. The van der Waals surface area contributed by atoms with Gasteiger partial charge in [0.1, 0.15) is 0 Å². The number of likely N-dealkylation sites (tertiary alicyclic amines) is 1.